The number of hydrogen-bond donors (Lipinski definition) is 3. The van der Waals surface area contributed by atoms with Gasteiger partial charge in [0, 0.05) is 37.8 Å². The van der Waals surface area contributed by atoms with Crippen LogP contribution in [0.2, 0.25) is 0 Å². The van der Waals surface area contributed by atoms with Crippen molar-refractivity contribution in [2.75, 3.05) is 54.8 Å². The van der Waals surface area contributed by atoms with Crippen molar-refractivity contribution in [2.24, 2.45) is 0 Å². The summed E-state index contributed by atoms with van der Waals surface area (Å²) in [5.74, 6) is 3.61. The summed E-state index contributed by atoms with van der Waals surface area (Å²) < 4.78 is 5.99. The van der Waals surface area contributed by atoms with Gasteiger partial charge in [-0.25, -0.2) is 0 Å². The Morgan fingerprint density at radius 3 is 2.69 bits per heavy atom. The molecular formula is C28H34N4O3. The van der Waals surface area contributed by atoms with E-state index in [1.54, 1.807) is 18.2 Å². The highest BCUT2D eigenvalue weighted by Crippen LogP contribution is 2.43. The first-order valence-electron chi connectivity index (χ1n) is 12.7. The second-order valence-corrected chi connectivity index (χ2v) is 9.66. The smallest absolute Gasteiger partial charge is 0.267 e. The van der Waals surface area contributed by atoms with Gasteiger partial charge in [0.25, 0.3) is 5.91 Å². The fraction of sp³-hybridized carbons (Fsp3) is 0.464. The van der Waals surface area contributed by atoms with Crippen LogP contribution in [-0.4, -0.2) is 61.3 Å². The van der Waals surface area contributed by atoms with Crippen LogP contribution in [0.1, 0.15) is 49.7 Å². The topological polar surface area (TPSA) is 77.1 Å². The molecule has 0 bridgehead atoms. The number of nitrogens with zero attached hydrogens (tertiary/aromatic N) is 2. The number of anilines is 3. The van der Waals surface area contributed by atoms with Crippen LogP contribution in [0.5, 0.6) is 11.5 Å². The van der Waals surface area contributed by atoms with Gasteiger partial charge >= 0.3 is 0 Å². The van der Waals surface area contributed by atoms with Crippen molar-refractivity contribution in [1.29, 1.82) is 0 Å². The number of nitrogens with one attached hydrogen (secondary N) is 2. The highest BCUT2D eigenvalue weighted by molar-refractivity contribution is 5.98. The molecule has 0 aromatic heterocycles. The molecule has 0 radical (unpaired) electrons. The maximum atomic E-state index is 13.3. The molecule has 2 heterocycles. The van der Waals surface area contributed by atoms with E-state index in [0.29, 0.717) is 23.9 Å². The summed E-state index contributed by atoms with van der Waals surface area (Å²) >= 11 is 0. The second-order valence-electron chi connectivity index (χ2n) is 9.66. The van der Waals surface area contributed by atoms with Gasteiger partial charge in [0.1, 0.15) is 11.5 Å². The van der Waals surface area contributed by atoms with Crippen molar-refractivity contribution in [1.82, 2.24) is 4.90 Å². The molecule has 1 saturated carbocycles. The molecule has 1 atom stereocenters. The van der Waals surface area contributed by atoms with Crippen LogP contribution >= 0.6 is 0 Å². The third-order valence-electron chi connectivity index (χ3n) is 7.54. The number of benzene rings is 2. The monoisotopic (exact) mass is 474 g/mol. The molecule has 2 aliphatic heterocycles. The standard InChI is InChI=1S/C28H34N4O3/c1-3-19-9-10-26-23(15-19)29-18-27(35-26)28(34)30-22-17-25(33)21(20-7-5-6-8-20)16-24(22)32-13-11-31(4-2)12-14-32/h1,9-10,15-17,20,27,29,33H,4-8,11-14,18H2,2H3,(H,30,34). The Hall–Kier alpha value is -3.37. The fourth-order valence-electron chi connectivity index (χ4n) is 5.44. The number of aromatic hydroxyl groups is 1. The summed E-state index contributed by atoms with van der Waals surface area (Å²) in [7, 11) is 0. The Morgan fingerprint density at radius 2 is 1.97 bits per heavy atom. The van der Waals surface area contributed by atoms with E-state index >= 15 is 0 Å². The molecule has 1 amide bonds. The van der Waals surface area contributed by atoms with Crippen molar-refractivity contribution < 1.29 is 14.6 Å². The van der Waals surface area contributed by atoms with E-state index < -0.39 is 6.10 Å². The first kappa shape index (κ1) is 23.4. The minimum Gasteiger partial charge on any atom is -0.508 e. The van der Waals surface area contributed by atoms with Crippen LogP contribution in [0, 0.1) is 12.3 Å². The number of phenolic OH excluding ortho intramolecular Hbond substituents is 1. The summed E-state index contributed by atoms with van der Waals surface area (Å²) in [6.07, 6.45) is 9.39. The number of likely N-dealkylation sites (N-methyl/N-ethyl adjacent to an activating group) is 1. The summed E-state index contributed by atoms with van der Waals surface area (Å²) in [6.45, 7) is 7.30. The molecule has 1 unspecified atom stereocenters. The number of carbonyl (C=O) groups excluding carboxylic acids is 1. The van der Waals surface area contributed by atoms with Gasteiger partial charge < -0.3 is 30.3 Å². The van der Waals surface area contributed by atoms with E-state index in [1.807, 2.05) is 6.07 Å². The molecule has 1 saturated heterocycles. The average Bonchev–Trinajstić information content (AvgIpc) is 3.43. The Kier molecular flexibility index (Phi) is 6.74. The van der Waals surface area contributed by atoms with Crippen LogP contribution in [0.4, 0.5) is 17.1 Å². The third-order valence-corrected chi connectivity index (χ3v) is 7.54. The summed E-state index contributed by atoms with van der Waals surface area (Å²) in [4.78, 5) is 18.0. The lowest BCUT2D eigenvalue weighted by Gasteiger charge is -2.37. The molecule has 7 heteroatoms. The summed E-state index contributed by atoms with van der Waals surface area (Å²) in [5.41, 5.74) is 4.17. The molecule has 3 aliphatic rings. The second kappa shape index (κ2) is 10.1. The van der Waals surface area contributed by atoms with Crippen molar-refractivity contribution in [3.63, 3.8) is 0 Å². The quantitative estimate of drug-likeness (QED) is 0.569. The molecular weight excluding hydrogens is 440 g/mol. The van der Waals surface area contributed by atoms with Crippen molar-refractivity contribution in [2.45, 2.75) is 44.6 Å². The zero-order valence-electron chi connectivity index (χ0n) is 20.3. The molecule has 3 N–H and O–H groups in total. The largest absolute Gasteiger partial charge is 0.508 e. The van der Waals surface area contributed by atoms with Crippen molar-refractivity contribution in [3.8, 4) is 23.8 Å². The van der Waals surface area contributed by atoms with Gasteiger partial charge in [0.2, 0.25) is 0 Å². The number of rotatable bonds is 5. The number of hydrogen-bond acceptors (Lipinski definition) is 6. The number of carbonyl (C=O) groups is 1. The lowest BCUT2D eigenvalue weighted by Crippen LogP contribution is -2.46. The minimum absolute atomic E-state index is 0.245. The Morgan fingerprint density at radius 1 is 1.20 bits per heavy atom. The number of amides is 1. The van der Waals surface area contributed by atoms with Crippen molar-refractivity contribution >= 4 is 23.0 Å². The van der Waals surface area contributed by atoms with Crippen LogP contribution in [0.25, 0.3) is 0 Å². The zero-order valence-corrected chi connectivity index (χ0v) is 20.3. The van der Waals surface area contributed by atoms with E-state index in [1.165, 1.54) is 12.8 Å². The molecule has 184 valence electrons. The van der Waals surface area contributed by atoms with E-state index in [2.05, 4.69) is 39.3 Å². The number of terminal acetylenes is 1. The van der Waals surface area contributed by atoms with E-state index in [-0.39, 0.29) is 11.7 Å². The zero-order chi connectivity index (χ0) is 24.4. The molecule has 35 heavy (non-hydrogen) atoms. The maximum Gasteiger partial charge on any atom is 0.267 e. The average molecular weight is 475 g/mol. The summed E-state index contributed by atoms with van der Waals surface area (Å²) in [6, 6.07) is 9.28. The Labute approximate surface area is 207 Å². The summed E-state index contributed by atoms with van der Waals surface area (Å²) in [5, 5.41) is 17.2. The van der Waals surface area contributed by atoms with Crippen LogP contribution in [-0.2, 0) is 4.79 Å². The molecule has 1 aliphatic carbocycles. The highest BCUT2D eigenvalue weighted by atomic mass is 16.5. The molecule has 2 aromatic carbocycles. The minimum atomic E-state index is -0.694. The Bertz CT molecular complexity index is 1130. The van der Waals surface area contributed by atoms with Crippen LogP contribution in [0.3, 0.4) is 0 Å². The molecule has 2 aromatic rings. The SMILES string of the molecule is C#Cc1ccc2c(c1)NCC(C(=O)Nc1cc(O)c(C3CCCC3)cc1N1CCN(CC)CC1)O2. The fourth-order valence-corrected chi connectivity index (χ4v) is 5.44. The Balaban J connectivity index is 1.38. The predicted octanol–water partition coefficient (Wildman–Crippen LogP) is 3.98. The number of ether oxygens (including phenoxy) is 1. The van der Waals surface area contributed by atoms with Gasteiger partial charge in [-0.3, -0.25) is 4.79 Å². The van der Waals surface area contributed by atoms with Crippen LogP contribution < -0.4 is 20.3 Å². The lowest BCUT2D eigenvalue weighted by atomic mass is 9.95. The number of fused-ring (bicyclic) bond motifs is 1. The lowest BCUT2D eigenvalue weighted by molar-refractivity contribution is -0.122. The highest BCUT2D eigenvalue weighted by Gasteiger charge is 2.29. The third kappa shape index (κ3) is 4.89. The molecule has 7 nitrogen and oxygen atoms in total. The van der Waals surface area contributed by atoms with Gasteiger partial charge in [-0.1, -0.05) is 25.7 Å². The van der Waals surface area contributed by atoms with E-state index in [4.69, 9.17) is 11.2 Å². The molecule has 5 rings (SSSR count). The van der Waals surface area contributed by atoms with Crippen molar-refractivity contribution in [3.05, 3.63) is 41.5 Å². The van der Waals surface area contributed by atoms with Gasteiger partial charge in [-0.15, -0.1) is 6.42 Å². The van der Waals surface area contributed by atoms with E-state index in [9.17, 15) is 9.90 Å². The van der Waals surface area contributed by atoms with Gasteiger partial charge in [0.05, 0.1) is 23.6 Å². The normalized spacial score (nSPS) is 20.5. The maximum absolute atomic E-state index is 13.3. The first-order chi connectivity index (χ1) is 17.1. The number of piperazine rings is 1. The predicted molar refractivity (Wildman–Crippen MR) is 140 cm³/mol. The molecule has 0 spiro atoms. The number of phenols is 1. The van der Waals surface area contributed by atoms with Gasteiger partial charge in [0.15, 0.2) is 6.10 Å². The van der Waals surface area contributed by atoms with E-state index in [0.717, 1.165) is 68.1 Å². The van der Waals surface area contributed by atoms with Crippen LogP contribution in [0.15, 0.2) is 30.3 Å². The first-order valence-corrected chi connectivity index (χ1v) is 12.7. The van der Waals surface area contributed by atoms with Gasteiger partial charge in [-0.05, 0) is 55.1 Å². The van der Waals surface area contributed by atoms with Gasteiger partial charge in [-0.2, -0.15) is 0 Å². The molecule has 2 fully saturated rings.